The van der Waals surface area contributed by atoms with Gasteiger partial charge < -0.3 is 10.6 Å². The number of carbonyl (C=O) groups excluding carboxylic acids is 1. The van der Waals surface area contributed by atoms with Crippen LogP contribution in [0.15, 0.2) is 24.3 Å². The minimum absolute atomic E-state index is 0.194. The molecule has 2 N–H and O–H groups in total. The van der Waals surface area contributed by atoms with E-state index in [1.165, 1.54) is 0 Å². The van der Waals surface area contributed by atoms with Crippen molar-refractivity contribution >= 4 is 17.3 Å². The molecule has 1 unspecified atom stereocenters. The highest BCUT2D eigenvalue weighted by molar-refractivity contribution is 5.93. The maximum absolute atomic E-state index is 12.6. The lowest BCUT2D eigenvalue weighted by Crippen LogP contribution is -2.33. The Balaban J connectivity index is 2.79. The van der Waals surface area contributed by atoms with E-state index in [-0.39, 0.29) is 11.3 Å². The highest BCUT2D eigenvalue weighted by atomic mass is 16.2. The van der Waals surface area contributed by atoms with Crippen LogP contribution in [-0.4, -0.2) is 12.5 Å². The van der Waals surface area contributed by atoms with E-state index in [9.17, 15) is 4.79 Å². The van der Waals surface area contributed by atoms with Gasteiger partial charge in [-0.1, -0.05) is 40.7 Å². The van der Waals surface area contributed by atoms with Crippen LogP contribution in [0.2, 0.25) is 0 Å². The number of rotatable bonds is 6. The minimum Gasteiger partial charge on any atom is -0.399 e. The molecule has 1 amide bonds. The van der Waals surface area contributed by atoms with E-state index in [4.69, 9.17) is 5.73 Å². The summed E-state index contributed by atoms with van der Waals surface area (Å²) in [5.41, 5.74) is 7.70. The van der Waals surface area contributed by atoms with Gasteiger partial charge in [-0.05, 0) is 42.4 Å². The minimum atomic E-state index is 0.194. The van der Waals surface area contributed by atoms with Gasteiger partial charge in [0, 0.05) is 24.3 Å². The van der Waals surface area contributed by atoms with Gasteiger partial charge in [-0.2, -0.15) is 0 Å². The summed E-state index contributed by atoms with van der Waals surface area (Å²) in [5.74, 6) is 0.581. The Kier molecular flexibility index (Phi) is 6.25. The van der Waals surface area contributed by atoms with Crippen LogP contribution in [0.1, 0.15) is 53.9 Å². The molecule has 3 heteroatoms. The van der Waals surface area contributed by atoms with Crippen LogP contribution in [-0.2, 0) is 4.79 Å². The molecule has 1 aromatic carbocycles. The second kappa shape index (κ2) is 7.48. The van der Waals surface area contributed by atoms with E-state index < -0.39 is 0 Å². The van der Waals surface area contributed by atoms with Crippen molar-refractivity contribution in [3.63, 3.8) is 0 Å². The number of nitrogens with zero attached hydrogens (tertiary/aromatic N) is 1. The fourth-order valence-corrected chi connectivity index (χ4v) is 2.84. The second-order valence-corrected chi connectivity index (χ2v) is 7.21. The van der Waals surface area contributed by atoms with Gasteiger partial charge >= 0.3 is 0 Å². The molecule has 1 aromatic rings. The topological polar surface area (TPSA) is 46.3 Å². The first-order chi connectivity index (χ1) is 9.73. The van der Waals surface area contributed by atoms with Crippen molar-refractivity contribution in [2.24, 2.45) is 11.3 Å². The van der Waals surface area contributed by atoms with Crippen molar-refractivity contribution in [1.82, 2.24) is 0 Å². The molecule has 118 valence electrons. The average molecular weight is 290 g/mol. The van der Waals surface area contributed by atoms with Crippen molar-refractivity contribution < 1.29 is 4.79 Å². The predicted octanol–water partition coefficient (Wildman–Crippen LogP) is 4.47. The number of anilines is 2. The molecule has 0 aliphatic rings. The summed E-state index contributed by atoms with van der Waals surface area (Å²) < 4.78 is 0. The standard InChI is InChI=1S/C18H30N2O/c1-6-10-20(16-9-7-8-15(19)12-16)17(21)11-14(2)13-18(3,4)5/h7-9,12,14H,6,10-11,13,19H2,1-5H3. The number of amides is 1. The van der Waals surface area contributed by atoms with Crippen molar-refractivity contribution in [3.8, 4) is 0 Å². The molecule has 0 aliphatic carbocycles. The molecule has 0 fully saturated rings. The van der Waals surface area contributed by atoms with Gasteiger partial charge in [0.05, 0.1) is 0 Å². The lowest BCUT2D eigenvalue weighted by Gasteiger charge is -2.27. The third-order valence-electron chi connectivity index (χ3n) is 3.41. The van der Waals surface area contributed by atoms with Gasteiger partial charge in [-0.3, -0.25) is 4.79 Å². The molecule has 0 aliphatic heterocycles. The van der Waals surface area contributed by atoms with E-state index in [0.717, 1.165) is 25.1 Å². The number of carbonyl (C=O) groups is 1. The number of benzene rings is 1. The molecule has 0 saturated carbocycles. The van der Waals surface area contributed by atoms with Crippen LogP contribution in [0.5, 0.6) is 0 Å². The third kappa shape index (κ3) is 6.19. The van der Waals surface area contributed by atoms with Gasteiger partial charge in [0.25, 0.3) is 0 Å². The summed E-state index contributed by atoms with van der Waals surface area (Å²) in [6, 6.07) is 7.58. The molecule has 21 heavy (non-hydrogen) atoms. The van der Waals surface area contributed by atoms with Crippen LogP contribution < -0.4 is 10.6 Å². The Morgan fingerprint density at radius 1 is 1.33 bits per heavy atom. The maximum atomic E-state index is 12.6. The lowest BCUT2D eigenvalue weighted by molar-refractivity contribution is -0.119. The van der Waals surface area contributed by atoms with E-state index in [1.807, 2.05) is 29.2 Å². The number of nitrogen functional groups attached to an aromatic ring is 1. The quantitative estimate of drug-likeness (QED) is 0.785. The molecule has 1 atom stereocenters. The van der Waals surface area contributed by atoms with Crippen LogP contribution in [0.3, 0.4) is 0 Å². The Bertz CT molecular complexity index is 463. The van der Waals surface area contributed by atoms with Crippen molar-refractivity contribution in [3.05, 3.63) is 24.3 Å². The van der Waals surface area contributed by atoms with Gasteiger partial charge in [0.15, 0.2) is 0 Å². The fraction of sp³-hybridized carbons (Fsp3) is 0.611. The molecular weight excluding hydrogens is 260 g/mol. The smallest absolute Gasteiger partial charge is 0.227 e. The normalized spacial score (nSPS) is 13.0. The summed E-state index contributed by atoms with van der Waals surface area (Å²) in [6.07, 6.45) is 2.58. The second-order valence-electron chi connectivity index (χ2n) is 7.21. The molecule has 0 bridgehead atoms. The summed E-state index contributed by atoms with van der Waals surface area (Å²) in [5, 5.41) is 0. The zero-order valence-electron chi connectivity index (χ0n) is 14.1. The Morgan fingerprint density at radius 3 is 2.52 bits per heavy atom. The fourth-order valence-electron chi connectivity index (χ4n) is 2.84. The van der Waals surface area contributed by atoms with Crippen LogP contribution in [0.4, 0.5) is 11.4 Å². The molecule has 0 radical (unpaired) electrons. The first-order valence-corrected chi connectivity index (χ1v) is 7.89. The molecular formula is C18H30N2O. The average Bonchev–Trinajstić information content (AvgIpc) is 2.33. The zero-order valence-corrected chi connectivity index (χ0v) is 14.1. The Labute approximate surface area is 129 Å². The summed E-state index contributed by atoms with van der Waals surface area (Å²) in [4.78, 5) is 14.5. The maximum Gasteiger partial charge on any atom is 0.227 e. The van der Waals surface area contributed by atoms with Gasteiger partial charge in [-0.25, -0.2) is 0 Å². The molecule has 1 rings (SSSR count). The highest BCUT2D eigenvalue weighted by Gasteiger charge is 2.21. The summed E-state index contributed by atoms with van der Waals surface area (Å²) >= 11 is 0. The first kappa shape index (κ1) is 17.5. The molecule has 0 spiro atoms. The van der Waals surface area contributed by atoms with E-state index in [0.29, 0.717) is 18.0 Å². The van der Waals surface area contributed by atoms with Gasteiger partial charge in [0.2, 0.25) is 5.91 Å². The molecule has 0 heterocycles. The molecule has 0 saturated heterocycles. The van der Waals surface area contributed by atoms with Crippen molar-refractivity contribution in [2.75, 3.05) is 17.2 Å². The summed E-state index contributed by atoms with van der Waals surface area (Å²) in [7, 11) is 0. The SMILES string of the molecule is CCCN(C(=O)CC(C)CC(C)(C)C)c1cccc(N)c1. The summed E-state index contributed by atoms with van der Waals surface area (Å²) in [6.45, 7) is 11.6. The van der Waals surface area contributed by atoms with E-state index in [1.54, 1.807) is 0 Å². The van der Waals surface area contributed by atoms with Gasteiger partial charge in [-0.15, -0.1) is 0 Å². The lowest BCUT2D eigenvalue weighted by atomic mass is 9.84. The Hall–Kier alpha value is -1.51. The van der Waals surface area contributed by atoms with Crippen LogP contribution in [0, 0.1) is 11.3 Å². The van der Waals surface area contributed by atoms with E-state index in [2.05, 4.69) is 34.6 Å². The van der Waals surface area contributed by atoms with Gasteiger partial charge in [0.1, 0.15) is 0 Å². The number of nitrogens with two attached hydrogens (primary N) is 1. The molecule has 0 aromatic heterocycles. The van der Waals surface area contributed by atoms with Crippen LogP contribution in [0.25, 0.3) is 0 Å². The zero-order chi connectivity index (χ0) is 16.0. The van der Waals surface area contributed by atoms with Crippen LogP contribution >= 0.6 is 0 Å². The predicted molar refractivity (Wildman–Crippen MR) is 91.4 cm³/mol. The first-order valence-electron chi connectivity index (χ1n) is 7.89. The third-order valence-corrected chi connectivity index (χ3v) is 3.41. The monoisotopic (exact) mass is 290 g/mol. The van der Waals surface area contributed by atoms with E-state index >= 15 is 0 Å². The Morgan fingerprint density at radius 2 is 2.00 bits per heavy atom. The largest absolute Gasteiger partial charge is 0.399 e. The highest BCUT2D eigenvalue weighted by Crippen LogP contribution is 2.27. The number of hydrogen-bond acceptors (Lipinski definition) is 2. The van der Waals surface area contributed by atoms with Crippen molar-refractivity contribution in [1.29, 1.82) is 0 Å². The number of hydrogen-bond donors (Lipinski definition) is 1. The van der Waals surface area contributed by atoms with Crippen molar-refractivity contribution in [2.45, 2.75) is 53.9 Å². The molecule has 3 nitrogen and oxygen atoms in total.